The number of fused-ring (bicyclic) bond motifs is 1. The van der Waals surface area contributed by atoms with Crippen molar-refractivity contribution in [1.29, 1.82) is 0 Å². The van der Waals surface area contributed by atoms with E-state index in [2.05, 4.69) is 9.71 Å². The monoisotopic (exact) mass is 348 g/mol. The molecule has 0 saturated heterocycles. The van der Waals surface area contributed by atoms with Crippen LogP contribution in [0, 0.1) is 6.92 Å². The molecule has 1 aromatic heterocycles. The number of methoxy groups -OCH3 is 1. The van der Waals surface area contributed by atoms with E-state index in [0.717, 1.165) is 5.56 Å². The number of aromatic nitrogens is 1. The van der Waals surface area contributed by atoms with Crippen LogP contribution in [0.15, 0.2) is 50.5 Å². The molecule has 3 aromatic rings. The zero-order valence-electron chi connectivity index (χ0n) is 13.1. The molecule has 7 nitrogen and oxygen atoms in total. The SMILES string of the molecule is COc1ccc(C)cc1S(=O)(=O)NCc1ccc2[nH]c(=O)oc2c1. The maximum Gasteiger partial charge on any atom is 0.417 e. The number of aromatic amines is 1. The lowest BCUT2D eigenvalue weighted by atomic mass is 10.2. The zero-order valence-corrected chi connectivity index (χ0v) is 13.9. The normalized spacial score (nSPS) is 11.8. The minimum Gasteiger partial charge on any atom is -0.495 e. The van der Waals surface area contributed by atoms with E-state index in [1.54, 1.807) is 43.3 Å². The van der Waals surface area contributed by atoms with Crippen molar-refractivity contribution in [3.05, 3.63) is 58.1 Å². The Labute approximate surface area is 138 Å². The summed E-state index contributed by atoms with van der Waals surface area (Å²) in [5.74, 6) is -0.271. The van der Waals surface area contributed by atoms with Crippen LogP contribution >= 0.6 is 0 Å². The van der Waals surface area contributed by atoms with E-state index >= 15 is 0 Å². The third kappa shape index (κ3) is 3.19. The quantitative estimate of drug-likeness (QED) is 0.733. The Morgan fingerprint density at radius 1 is 1.21 bits per heavy atom. The second-order valence-electron chi connectivity index (χ2n) is 5.32. The molecule has 0 spiro atoms. The minimum atomic E-state index is -3.75. The van der Waals surface area contributed by atoms with E-state index in [1.807, 2.05) is 0 Å². The first-order valence-electron chi connectivity index (χ1n) is 7.15. The lowest BCUT2D eigenvalue weighted by molar-refractivity contribution is 0.402. The van der Waals surface area contributed by atoms with Crippen LogP contribution in [0.25, 0.3) is 11.1 Å². The molecule has 0 aliphatic carbocycles. The molecule has 3 rings (SSSR count). The van der Waals surface area contributed by atoms with Crippen molar-refractivity contribution >= 4 is 21.1 Å². The van der Waals surface area contributed by atoms with Crippen LogP contribution in [0.5, 0.6) is 5.75 Å². The lowest BCUT2D eigenvalue weighted by Gasteiger charge is -2.11. The Morgan fingerprint density at radius 2 is 2.00 bits per heavy atom. The van der Waals surface area contributed by atoms with Crippen LogP contribution in [0.4, 0.5) is 0 Å². The van der Waals surface area contributed by atoms with Gasteiger partial charge in [0.2, 0.25) is 10.0 Å². The Balaban J connectivity index is 1.86. The Morgan fingerprint density at radius 3 is 2.75 bits per heavy atom. The third-order valence-corrected chi connectivity index (χ3v) is 4.98. The van der Waals surface area contributed by atoms with Crippen molar-refractivity contribution in [2.24, 2.45) is 0 Å². The van der Waals surface area contributed by atoms with E-state index in [9.17, 15) is 13.2 Å². The molecule has 0 bridgehead atoms. The summed E-state index contributed by atoms with van der Waals surface area (Å²) in [4.78, 5) is 13.8. The summed E-state index contributed by atoms with van der Waals surface area (Å²) < 4.78 is 37.7. The van der Waals surface area contributed by atoms with Gasteiger partial charge in [-0.1, -0.05) is 12.1 Å². The number of H-pyrrole nitrogens is 1. The average molecular weight is 348 g/mol. The molecule has 0 saturated carbocycles. The number of hydrogen-bond acceptors (Lipinski definition) is 5. The van der Waals surface area contributed by atoms with Gasteiger partial charge in [0.25, 0.3) is 0 Å². The van der Waals surface area contributed by atoms with E-state index in [0.29, 0.717) is 16.7 Å². The molecule has 0 fully saturated rings. The van der Waals surface area contributed by atoms with Crippen LogP contribution in [0.3, 0.4) is 0 Å². The van der Waals surface area contributed by atoms with Crippen LogP contribution in [-0.4, -0.2) is 20.5 Å². The Hall–Kier alpha value is -2.58. The van der Waals surface area contributed by atoms with Gasteiger partial charge in [-0.3, -0.25) is 4.98 Å². The highest BCUT2D eigenvalue weighted by Crippen LogP contribution is 2.24. The summed E-state index contributed by atoms with van der Waals surface area (Å²) >= 11 is 0. The van der Waals surface area contributed by atoms with Crippen molar-refractivity contribution in [3.63, 3.8) is 0 Å². The average Bonchev–Trinajstić information content (AvgIpc) is 2.92. The highest BCUT2D eigenvalue weighted by atomic mass is 32.2. The van der Waals surface area contributed by atoms with Crippen molar-refractivity contribution < 1.29 is 17.6 Å². The summed E-state index contributed by atoms with van der Waals surface area (Å²) in [5.41, 5.74) is 2.42. The summed E-state index contributed by atoms with van der Waals surface area (Å²) in [7, 11) is -2.32. The number of sulfonamides is 1. The number of hydrogen-bond donors (Lipinski definition) is 2. The molecule has 0 unspecified atom stereocenters. The third-order valence-electron chi connectivity index (χ3n) is 3.56. The molecule has 2 N–H and O–H groups in total. The lowest BCUT2D eigenvalue weighted by Crippen LogP contribution is -2.23. The number of aryl methyl sites for hydroxylation is 1. The Kier molecular flexibility index (Phi) is 4.16. The molecule has 8 heteroatoms. The first-order valence-corrected chi connectivity index (χ1v) is 8.63. The Bertz CT molecular complexity index is 1050. The number of benzene rings is 2. The molecule has 24 heavy (non-hydrogen) atoms. The minimum absolute atomic E-state index is 0.0598. The van der Waals surface area contributed by atoms with Crippen molar-refractivity contribution in [3.8, 4) is 5.75 Å². The molecule has 2 aromatic carbocycles. The molecule has 0 amide bonds. The zero-order chi connectivity index (χ0) is 17.3. The number of nitrogens with one attached hydrogen (secondary N) is 2. The number of rotatable bonds is 5. The van der Waals surface area contributed by atoms with Gasteiger partial charge in [-0.25, -0.2) is 17.9 Å². The van der Waals surface area contributed by atoms with Gasteiger partial charge in [-0.05, 0) is 42.3 Å². The van der Waals surface area contributed by atoms with Gasteiger partial charge in [-0.2, -0.15) is 0 Å². The molecule has 0 atom stereocenters. The van der Waals surface area contributed by atoms with Gasteiger partial charge < -0.3 is 9.15 Å². The second kappa shape index (κ2) is 6.14. The maximum absolute atomic E-state index is 12.5. The van der Waals surface area contributed by atoms with Crippen LogP contribution in [0.2, 0.25) is 0 Å². The molecule has 0 aliphatic heterocycles. The molecular formula is C16H16N2O5S. The maximum atomic E-state index is 12.5. The highest BCUT2D eigenvalue weighted by Gasteiger charge is 2.19. The molecular weight excluding hydrogens is 332 g/mol. The van der Waals surface area contributed by atoms with Gasteiger partial charge in [-0.15, -0.1) is 0 Å². The second-order valence-corrected chi connectivity index (χ2v) is 7.06. The number of oxazole rings is 1. The topological polar surface area (TPSA) is 101 Å². The van der Waals surface area contributed by atoms with Gasteiger partial charge >= 0.3 is 5.76 Å². The predicted octanol–water partition coefficient (Wildman–Crippen LogP) is 1.92. The first kappa shape index (κ1) is 16.3. The smallest absolute Gasteiger partial charge is 0.417 e. The van der Waals surface area contributed by atoms with Gasteiger partial charge in [0, 0.05) is 6.54 Å². The van der Waals surface area contributed by atoms with E-state index in [-0.39, 0.29) is 17.2 Å². The fraction of sp³-hybridized carbons (Fsp3) is 0.188. The fourth-order valence-corrected chi connectivity index (χ4v) is 3.62. The van der Waals surface area contributed by atoms with E-state index < -0.39 is 15.8 Å². The van der Waals surface area contributed by atoms with E-state index in [1.165, 1.54) is 7.11 Å². The predicted molar refractivity (Wildman–Crippen MR) is 88.6 cm³/mol. The summed E-state index contributed by atoms with van der Waals surface area (Å²) in [6, 6.07) is 9.93. The standard InChI is InChI=1S/C16H16N2O5S/c1-10-3-6-13(22-2)15(7-10)24(20,21)17-9-11-4-5-12-14(8-11)23-16(19)18-12/h3-8,17H,9H2,1-2H3,(H,18,19). The van der Waals surface area contributed by atoms with Crippen LogP contribution in [-0.2, 0) is 16.6 Å². The number of ether oxygens (including phenoxy) is 1. The van der Waals surface area contributed by atoms with Gasteiger partial charge in [0.1, 0.15) is 10.6 Å². The molecule has 1 heterocycles. The van der Waals surface area contributed by atoms with E-state index in [4.69, 9.17) is 9.15 Å². The summed E-state index contributed by atoms with van der Waals surface area (Å²) in [6.45, 7) is 1.87. The molecule has 126 valence electrons. The van der Waals surface area contributed by atoms with Gasteiger partial charge in [0.15, 0.2) is 5.58 Å². The van der Waals surface area contributed by atoms with Crippen molar-refractivity contribution in [2.75, 3.05) is 7.11 Å². The fourth-order valence-electron chi connectivity index (χ4n) is 2.35. The molecule has 0 radical (unpaired) electrons. The van der Waals surface area contributed by atoms with Crippen LogP contribution < -0.4 is 15.2 Å². The first-order chi connectivity index (χ1) is 11.4. The molecule has 0 aliphatic rings. The van der Waals surface area contributed by atoms with Gasteiger partial charge in [0.05, 0.1) is 12.6 Å². The summed E-state index contributed by atoms with van der Waals surface area (Å²) in [6.07, 6.45) is 0. The highest BCUT2D eigenvalue weighted by molar-refractivity contribution is 7.89. The van der Waals surface area contributed by atoms with Crippen molar-refractivity contribution in [1.82, 2.24) is 9.71 Å². The van der Waals surface area contributed by atoms with Crippen LogP contribution in [0.1, 0.15) is 11.1 Å². The summed E-state index contributed by atoms with van der Waals surface area (Å²) in [5, 5.41) is 0. The van der Waals surface area contributed by atoms with Crippen molar-refractivity contribution in [2.45, 2.75) is 18.4 Å². The largest absolute Gasteiger partial charge is 0.495 e.